The Bertz CT molecular complexity index is 934. The third-order valence-electron chi connectivity index (χ3n) is 4.44. The van der Waals surface area contributed by atoms with E-state index in [1.807, 2.05) is 12.1 Å². The van der Waals surface area contributed by atoms with Crippen LogP contribution in [0.25, 0.3) is 11.3 Å². The zero-order chi connectivity index (χ0) is 20.9. The van der Waals surface area contributed by atoms with E-state index in [4.69, 9.17) is 9.72 Å². The van der Waals surface area contributed by atoms with Gasteiger partial charge in [0.1, 0.15) is 0 Å². The highest BCUT2D eigenvalue weighted by atomic mass is 32.2. The van der Waals surface area contributed by atoms with Crippen molar-refractivity contribution in [2.45, 2.75) is 31.0 Å². The van der Waals surface area contributed by atoms with E-state index in [1.54, 1.807) is 29.5 Å². The molecular weight excluding hydrogens is 392 g/mol. The van der Waals surface area contributed by atoms with E-state index < -0.39 is 0 Å². The Morgan fingerprint density at radius 1 is 1.39 bits per heavy atom. The van der Waals surface area contributed by atoms with Gasteiger partial charge in [-0.05, 0) is 17.8 Å². The average Bonchev–Trinajstić information content (AvgIpc) is 2.86. The number of nitrogens with two attached hydrogens (primary N) is 2. The number of thiocarbonyl (C=S) groups is 1. The van der Waals surface area contributed by atoms with Crippen molar-refractivity contribution in [3.63, 3.8) is 0 Å². The molecule has 2 aromatic rings. The lowest BCUT2D eigenvalue weighted by Crippen LogP contribution is -2.32. The lowest BCUT2D eigenvalue weighted by molar-refractivity contribution is 0.218. The molecule has 8 heteroatoms. The molecule has 1 heterocycles. The van der Waals surface area contributed by atoms with Crippen molar-refractivity contribution in [3.8, 4) is 11.3 Å². The van der Waals surface area contributed by atoms with Crippen LogP contribution >= 0.6 is 24.0 Å². The fourth-order valence-corrected chi connectivity index (χ4v) is 4.18. The number of hydrogen-bond acceptors (Lipinski definition) is 5. The van der Waals surface area contributed by atoms with Crippen LogP contribution in [0.1, 0.15) is 25.0 Å². The van der Waals surface area contributed by atoms with Gasteiger partial charge in [-0.15, -0.1) is 6.58 Å². The number of benzene rings is 1. The van der Waals surface area contributed by atoms with Crippen LogP contribution in [0.15, 0.2) is 46.9 Å². The Kier molecular flexibility index (Phi) is 7.40. The highest BCUT2D eigenvalue weighted by Crippen LogP contribution is 2.46. The molecule has 0 bridgehead atoms. The summed E-state index contributed by atoms with van der Waals surface area (Å²) in [7, 11) is 1.67. The van der Waals surface area contributed by atoms with Gasteiger partial charge in [0.05, 0.1) is 17.9 Å². The van der Waals surface area contributed by atoms with E-state index in [0.717, 1.165) is 33.3 Å². The first kappa shape index (κ1) is 22.1. The minimum absolute atomic E-state index is 0.000000000000000222. The molecule has 4 N–H and O–H groups in total. The highest BCUT2D eigenvalue weighted by Gasteiger charge is 2.40. The van der Waals surface area contributed by atoms with Crippen molar-refractivity contribution < 1.29 is 4.74 Å². The van der Waals surface area contributed by atoms with Gasteiger partial charge in [0, 0.05) is 30.4 Å². The molecule has 1 aromatic carbocycles. The topological polar surface area (TPSA) is 96.2 Å². The van der Waals surface area contributed by atoms with Crippen molar-refractivity contribution in [2.24, 2.45) is 11.5 Å². The summed E-state index contributed by atoms with van der Waals surface area (Å²) in [6, 6.07) is 8.16. The summed E-state index contributed by atoms with van der Waals surface area (Å²) in [6.45, 7) is 9.05. The van der Waals surface area contributed by atoms with Gasteiger partial charge in [0.25, 0.3) is 5.56 Å². The van der Waals surface area contributed by atoms with Gasteiger partial charge in [-0.3, -0.25) is 9.36 Å². The molecule has 0 saturated carbocycles. The van der Waals surface area contributed by atoms with Gasteiger partial charge >= 0.3 is 0 Å². The Labute approximate surface area is 175 Å². The summed E-state index contributed by atoms with van der Waals surface area (Å²) >= 11 is 5.64. The molecule has 28 heavy (non-hydrogen) atoms. The van der Waals surface area contributed by atoms with Crippen molar-refractivity contribution >= 4 is 29.1 Å². The van der Waals surface area contributed by atoms with E-state index in [9.17, 15) is 4.79 Å². The third-order valence-corrected chi connectivity index (χ3v) is 5.39. The van der Waals surface area contributed by atoms with Crippen LogP contribution < -0.4 is 17.0 Å². The molecule has 1 aliphatic rings. The predicted octanol–water partition coefficient (Wildman–Crippen LogP) is 2.66. The third kappa shape index (κ3) is 4.45. The number of hydrogen-bond donors (Lipinski definition) is 2. The first-order valence-corrected chi connectivity index (χ1v) is 10.2. The van der Waals surface area contributed by atoms with E-state index >= 15 is 0 Å². The number of methoxy groups -OCH3 is 1. The van der Waals surface area contributed by atoms with Gasteiger partial charge in [-0.2, -0.15) is 0 Å². The molecule has 150 valence electrons. The zero-order valence-corrected chi connectivity index (χ0v) is 18.0. The Morgan fingerprint density at radius 3 is 2.64 bits per heavy atom. The molecule has 6 nitrogen and oxygen atoms in total. The summed E-state index contributed by atoms with van der Waals surface area (Å²) in [5.74, 6) is 0.754. The summed E-state index contributed by atoms with van der Waals surface area (Å²) in [4.78, 5) is 18.1. The second kappa shape index (κ2) is 9.36. The quantitative estimate of drug-likeness (QED) is 0.245. The van der Waals surface area contributed by atoms with Crippen molar-refractivity contribution in [1.82, 2.24) is 9.55 Å². The van der Waals surface area contributed by atoms with Crippen molar-refractivity contribution in [1.29, 1.82) is 0 Å². The summed E-state index contributed by atoms with van der Waals surface area (Å²) in [5, 5.41) is 0.725. The molecule has 0 fully saturated rings. The second-order valence-corrected chi connectivity index (χ2v) is 8.27. The molecule has 0 atom stereocenters. The Balaban J connectivity index is 0.000000640. The first-order chi connectivity index (χ1) is 13.3. The highest BCUT2D eigenvalue weighted by molar-refractivity contribution is 7.99. The van der Waals surface area contributed by atoms with Gasteiger partial charge in [-0.1, -0.05) is 56.0 Å². The zero-order valence-electron chi connectivity index (χ0n) is 16.4. The number of aromatic nitrogens is 2. The fourth-order valence-electron chi connectivity index (χ4n) is 3.28. The van der Waals surface area contributed by atoms with Crippen LogP contribution in [0.2, 0.25) is 0 Å². The molecule has 0 spiro atoms. The summed E-state index contributed by atoms with van der Waals surface area (Å²) in [5.41, 5.74) is 12.8. The van der Waals surface area contributed by atoms with Crippen molar-refractivity contribution in [2.75, 3.05) is 19.5 Å². The summed E-state index contributed by atoms with van der Waals surface area (Å²) in [6.07, 6.45) is 1.74. The molecule has 0 radical (unpaired) electrons. The first-order valence-electron chi connectivity index (χ1n) is 8.78. The largest absolute Gasteiger partial charge is 0.384 e. The number of allylic oxidation sites excluding steroid dienone is 1. The smallest absolute Gasteiger partial charge is 0.259 e. The maximum Gasteiger partial charge on any atom is 0.259 e. The van der Waals surface area contributed by atoms with Crippen LogP contribution in [0.4, 0.5) is 0 Å². The van der Waals surface area contributed by atoms with E-state index in [1.165, 1.54) is 0 Å². The average molecular weight is 419 g/mol. The number of nitrogens with zero attached hydrogens (tertiary/aromatic N) is 2. The molecule has 3 rings (SSSR count). The van der Waals surface area contributed by atoms with Crippen LogP contribution in [0.3, 0.4) is 0 Å². The van der Waals surface area contributed by atoms with Crippen LogP contribution in [0.5, 0.6) is 0 Å². The minimum Gasteiger partial charge on any atom is -0.384 e. The van der Waals surface area contributed by atoms with E-state index in [-0.39, 0.29) is 16.1 Å². The van der Waals surface area contributed by atoms with E-state index in [0.29, 0.717) is 13.2 Å². The SMILES string of the molecule is C=CCn1c(SCCOC)nc2c(c1=O)C(C)(C)c1ccccc1-2.NC(N)=S. The van der Waals surface area contributed by atoms with Gasteiger partial charge in [-0.25, -0.2) is 4.98 Å². The predicted molar refractivity (Wildman–Crippen MR) is 120 cm³/mol. The van der Waals surface area contributed by atoms with Crippen molar-refractivity contribution in [3.05, 3.63) is 58.4 Å². The molecule has 1 aromatic heterocycles. The van der Waals surface area contributed by atoms with Gasteiger partial charge in [0.2, 0.25) is 0 Å². The monoisotopic (exact) mass is 418 g/mol. The van der Waals surface area contributed by atoms with Crippen LogP contribution in [-0.4, -0.2) is 34.1 Å². The van der Waals surface area contributed by atoms with E-state index in [2.05, 4.69) is 56.2 Å². The number of thioether (sulfide) groups is 1. The minimum atomic E-state index is -0.339. The molecule has 0 unspecified atom stereocenters. The number of rotatable bonds is 6. The molecule has 0 saturated heterocycles. The summed E-state index contributed by atoms with van der Waals surface area (Å²) < 4.78 is 6.84. The standard InChI is InChI=1S/C19H22N2O2S.CH4N2S/c1-5-10-21-17(22)15-16(20-18(21)24-12-11-23-4)13-8-6-7-9-14(13)19(15,2)3;2-1(3)4/h5-9H,1,10-12H2,2-4H3;(H4,2,3,4). The Morgan fingerprint density at radius 2 is 2.04 bits per heavy atom. The second-order valence-electron chi connectivity index (χ2n) is 6.74. The maximum absolute atomic E-state index is 13.2. The lowest BCUT2D eigenvalue weighted by atomic mass is 9.83. The lowest BCUT2D eigenvalue weighted by Gasteiger charge is -2.21. The normalized spacial score (nSPS) is 13.1. The maximum atomic E-state index is 13.2. The number of fused-ring (bicyclic) bond motifs is 3. The molecule has 1 aliphatic carbocycles. The van der Waals surface area contributed by atoms with Crippen LogP contribution in [-0.2, 0) is 16.7 Å². The molecular formula is C20H26N4O2S2. The van der Waals surface area contributed by atoms with Gasteiger partial charge < -0.3 is 16.2 Å². The molecule has 0 amide bonds. The Hall–Kier alpha value is -2.16. The van der Waals surface area contributed by atoms with Gasteiger partial charge in [0.15, 0.2) is 10.3 Å². The number of ether oxygens (including phenoxy) is 1. The molecule has 0 aliphatic heterocycles. The van der Waals surface area contributed by atoms with Crippen LogP contribution in [0, 0.1) is 0 Å². The fraction of sp³-hybridized carbons (Fsp3) is 0.350.